The van der Waals surface area contributed by atoms with Gasteiger partial charge in [-0.1, -0.05) is 97.1 Å². The van der Waals surface area contributed by atoms with Crippen LogP contribution in [0.2, 0.25) is 0 Å². The van der Waals surface area contributed by atoms with Crippen LogP contribution in [-0.2, 0) is 4.75 Å². The quantitative estimate of drug-likeness (QED) is 0.502. The van der Waals surface area contributed by atoms with Crippen LogP contribution in [0.4, 0.5) is 0 Å². The van der Waals surface area contributed by atoms with Gasteiger partial charge in [-0.2, -0.15) is 0 Å². The molecule has 0 atom stereocenters. The molecule has 1 heteroatoms. The Morgan fingerprint density at radius 3 is 1.26 bits per heavy atom. The van der Waals surface area contributed by atoms with Gasteiger partial charge >= 0.3 is 0 Å². The van der Waals surface area contributed by atoms with Crippen LogP contribution in [0.15, 0.2) is 102 Å². The first-order valence-electron chi connectivity index (χ1n) is 7.83. The molecule has 0 aliphatic heterocycles. The van der Waals surface area contributed by atoms with Gasteiger partial charge in [-0.3, -0.25) is 0 Å². The topological polar surface area (TPSA) is 0 Å². The number of rotatable bonds is 5. The summed E-state index contributed by atoms with van der Waals surface area (Å²) in [4.78, 5) is 0. The normalized spacial score (nSPS) is 11.7. The van der Waals surface area contributed by atoms with Crippen molar-refractivity contribution in [2.45, 2.75) is 11.7 Å². The molecule has 0 fully saturated rings. The Morgan fingerprint density at radius 1 is 0.609 bits per heavy atom. The molecule has 0 bridgehead atoms. The Balaban J connectivity index is 2.30. The number of hydrogen-bond donors (Lipinski definition) is 0. The lowest BCUT2D eigenvalue weighted by atomic mass is 9.84. The molecule has 0 heterocycles. The second-order valence-corrected chi connectivity index (χ2v) is 6.49. The average Bonchev–Trinajstić information content (AvgIpc) is 2.65. The molecule has 0 radical (unpaired) electrons. The van der Waals surface area contributed by atoms with Crippen LogP contribution in [-0.4, -0.2) is 0 Å². The van der Waals surface area contributed by atoms with Crippen molar-refractivity contribution >= 4 is 11.8 Å². The van der Waals surface area contributed by atoms with Crippen LogP contribution in [0.1, 0.15) is 23.6 Å². The summed E-state index contributed by atoms with van der Waals surface area (Å²) in [5.74, 6) is 0. The van der Waals surface area contributed by atoms with E-state index >= 15 is 0 Å². The molecule has 0 N–H and O–H groups in total. The Morgan fingerprint density at radius 2 is 0.957 bits per heavy atom. The van der Waals surface area contributed by atoms with E-state index in [9.17, 15) is 0 Å². The van der Waals surface area contributed by atoms with E-state index < -0.39 is 0 Å². The lowest BCUT2D eigenvalue weighted by Gasteiger charge is -2.34. The molecule has 0 aliphatic rings. The van der Waals surface area contributed by atoms with Gasteiger partial charge in [0.1, 0.15) is 0 Å². The van der Waals surface area contributed by atoms with Gasteiger partial charge < -0.3 is 0 Å². The fourth-order valence-electron chi connectivity index (χ4n) is 2.89. The first-order valence-corrected chi connectivity index (χ1v) is 8.71. The van der Waals surface area contributed by atoms with E-state index in [1.165, 1.54) is 16.7 Å². The van der Waals surface area contributed by atoms with Gasteiger partial charge in [-0.25, -0.2) is 0 Å². The van der Waals surface area contributed by atoms with Crippen LogP contribution < -0.4 is 0 Å². The van der Waals surface area contributed by atoms with Crippen molar-refractivity contribution in [1.82, 2.24) is 0 Å². The van der Waals surface area contributed by atoms with Gasteiger partial charge in [-0.15, -0.1) is 11.8 Å². The summed E-state index contributed by atoms with van der Waals surface area (Å²) in [5.41, 5.74) is 3.88. The van der Waals surface area contributed by atoms with Crippen molar-refractivity contribution < 1.29 is 0 Å². The van der Waals surface area contributed by atoms with Gasteiger partial charge in [0.15, 0.2) is 0 Å². The minimum absolute atomic E-state index is 0.240. The van der Waals surface area contributed by atoms with Crippen LogP contribution in [0.5, 0.6) is 0 Å². The average molecular weight is 316 g/mol. The van der Waals surface area contributed by atoms with Crippen molar-refractivity contribution in [2.24, 2.45) is 0 Å². The van der Waals surface area contributed by atoms with E-state index in [-0.39, 0.29) is 4.75 Å². The van der Waals surface area contributed by atoms with E-state index in [2.05, 4.69) is 109 Å². The largest absolute Gasteiger partial charge is 0.113 e. The van der Waals surface area contributed by atoms with Gasteiger partial charge in [0, 0.05) is 0 Å². The van der Waals surface area contributed by atoms with E-state index in [1.807, 2.05) is 11.8 Å². The third kappa shape index (κ3) is 3.11. The highest BCUT2D eigenvalue weighted by Gasteiger charge is 2.35. The second-order valence-electron chi connectivity index (χ2n) is 5.37. The Labute approximate surface area is 142 Å². The van der Waals surface area contributed by atoms with Gasteiger partial charge in [-0.05, 0) is 29.0 Å². The van der Waals surface area contributed by atoms with Crippen LogP contribution in [0.25, 0.3) is 0 Å². The highest BCUT2D eigenvalue weighted by atomic mass is 32.2. The molecule has 3 aromatic rings. The van der Waals surface area contributed by atoms with Crippen molar-refractivity contribution in [3.8, 4) is 0 Å². The second kappa shape index (κ2) is 7.34. The molecule has 0 unspecified atom stereocenters. The number of hydrogen-bond acceptors (Lipinski definition) is 1. The summed E-state index contributed by atoms with van der Waals surface area (Å²) in [6, 6.07) is 32.2. The summed E-state index contributed by atoms with van der Waals surface area (Å²) < 4.78 is -0.240. The first kappa shape index (κ1) is 15.6. The first-order chi connectivity index (χ1) is 11.4. The molecule has 0 amide bonds. The zero-order chi connectivity index (χ0) is 16.0. The molecule has 0 nitrogen and oxygen atoms in total. The zero-order valence-corrected chi connectivity index (χ0v) is 14.0. The lowest BCUT2D eigenvalue weighted by molar-refractivity contribution is 0.900. The predicted molar refractivity (Wildman–Crippen MR) is 102 cm³/mol. The van der Waals surface area contributed by atoms with E-state index in [4.69, 9.17) is 0 Å². The standard InChI is InChI=1S/C22H20S/c1-2-18-23-22(19-12-6-3-7-13-19,20-14-8-4-9-15-20)21-16-10-5-11-17-21/h2-18H,1H3/b18-2+. The number of thioether (sulfide) groups is 1. The summed E-state index contributed by atoms with van der Waals surface area (Å²) in [7, 11) is 0. The molecule has 0 aliphatic carbocycles. The maximum atomic E-state index is 2.22. The molecular formula is C22H20S. The zero-order valence-electron chi connectivity index (χ0n) is 13.2. The van der Waals surface area contributed by atoms with E-state index in [0.29, 0.717) is 0 Å². The molecule has 23 heavy (non-hydrogen) atoms. The molecule has 0 aromatic heterocycles. The summed E-state index contributed by atoms with van der Waals surface area (Å²) in [6.45, 7) is 2.07. The SMILES string of the molecule is C/C=C/SC(c1ccccc1)(c1ccccc1)c1ccccc1. The van der Waals surface area contributed by atoms with Crippen molar-refractivity contribution in [2.75, 3.05) is 0 Å². The fraction of sp³-hybridized carbons (Fsp3) is 0.0909. The van der Waals surface area contributed by atoms with E-state index in [1.54, 1.807) is 0 Å². The predicted octanol–water partition coefficient (Wildman–Crippen LogP) is 6.25. The maximum Gasteiger partial charge on any atom is 0.0948 e. The Bertz CT molecular complexity index is 649. The number of benzene rings is 3. The minimum atomic E-state index is -0.240. The van der Waals surface area contributed by atoms with Gasteiger partial charge in [0.05, 0.1) is 4.75 Å². The van der Waals surface area contributed by atoms with Crippen molar-refractivity contribution in [3.63, 3.8) is 0 Å². The molecular weight excluding hydrogens is 296 g/mol. The van der Waals surface area contributed by atoms with Gasteiger partial charge in [0.25, 0.3) is 0 Å². The summed E-state index contributed by atoms with van der Waals surface area (Å²) in [6.07, 6.45) is 2.11. The molecule has 0 saturated heterocycles. The Kier molecular flexibility index (Phi) is 4.99. The molecule has 114 valence electrons. The number of allylic oxidation sites excluding steroid dienone is 1. The Hall–Kier alpha value is -2.25. The highest BCUT2D eigenvalue weighted by molar-refractivity contribution is 8.03. The molecule has 3 rings (SSSR count). The summed E-state index contributed by atoms with van der Waals surface area (Å²) >= 11 is 1.85. The smallest absolute Gasteiger partial charge is 0.0948 e. The van der Waals surface area contributed by atoms with Gasteiger partial charge in [0.2, 0.25) is 0 Å². The molecule has 3 aromatic carbocycles. The van der Waals surface area contributed by atoms with Crippen molar-refractivity contribution in [1.29, 1.82) is 0 Å². The van der Waals surface area contributed by atoms with Crippen LogP contribution >= 0.6 is 11.8 Å². The van der Waals surface area contributed by atoms with Crippen molar-refractivity contribution in [3.05, 3.63) is 119 Å². The monoisotopic (exact) mass is 316 g/mol. The molecule has 0 spiro atoms. The minimum Gasteiger partial charge on any atom is -0.113 e. The highest BCUT2D eigenvalue weighted by Crippen LogP contribution is 2.48. The molecule has 0 saturated carbocycles. The fourth-order valence-corrected chi connectivity index (χ4v) is 4.05. The van der Waals surface area contributed by atoms with Crippen LogP contribution in [0.3, 0.4) is 0 Å². The maximum absolute atomic E-state index is 2.22. The van der Waals surface area contributed by atoms with Crippen LogP contribution in [0, 0.1) is 0 Å². The third-order valence-corrected chi connectivity index (χ3v) is 5.39. The lowest BCUT2D eigenvalue weighted by Crippen LogP contribution is -2.24. The summed E-state index contributed by atoms with van der Waals surface area (Å²) in [5, 5.41) is 2.19. The van der Waals surface area contributed by atoms with E-state index in [0.717, 1.165) is 0 Å². The third-order valence-electron chi connectivity index (χ3n) is 3.92.